The summed E-state index contributed by atoms with van der Waals surface area (Å²) in [5.41, 5.74) is 0. The van der Waals surface area contributed by atoms with Gasteiger partial charge >= 0.3 is 0 Å². The minimum atomic E-state index is -1.37. The highest BCUT2D eigenvalue weighted by Gasteiger charge is 1.97. The molecule has 0 rings (SSSR count). The number of nitrogens with two attached hydrogens (primary N) is 2. The van der Waals surface area contributed by atoms with E-state index in [9.17, 15) is 19.8 Å². The van der Waals surface area contributed by atoms with Gasteiger partial charge in [-0.1, -0.05) is 195 Å². The lowest BCUT2D eigenvalue weighted by Crippen LogP contribution is -2.84. The third-order valence-corrected chi connectivity index (χ3v) is 10.1. The number of hydrogen-bond donors (Lipinski definition) is 2. The molecule has 0 saturated carbocycles. The summed E-state index contributed by atoms with van der Waals surface area (Å²) < 4.78 is 0. The van der Waals surface area contributed by atoms with Crippen molar-refractivity contribution in [3.05, 3.63) is 0 Å². The van der Waals surface area contributed by atoms with Gasteiger partial charge in [-0.05, 0) is 64.2 Å². The molecule has 0 fully saturated rings. The maximum Gasteiger partial charge on any atom is 0.0755 e. The zero-order valence-electron chi connectivity index (χ0n) is 36.1. The van der Waals surface area contributed by atoms with Crippen LogP contribution in [0.1, 0.15) is 259 Å². The molecule has 0 spiro atoms. The first-order chi connectivity index (χ1) is 25.5. The van der Waals surface area contributed by atoms with E-state index in [0.29, 0.717) is 0 Å². The van der Waals surface area contributed by atoms with E-state index < -0.39 is 24.8 Å². The molecule has 0 aromatic heterocycles. The first kappa shape index (κ1) is 55.2. The summed E-state index contributed by atoms with van der Waals surface area (Å²) in [5, 5.41) is 24.1. The van der Waals surface area contributed by atoms with Crippen LogP contribution < -0.4 is 20.8 Å². The number of quaternary nitrogens is 2. The fourth-order valence-electron chi connectivity index (χ4n) is 6.54. The molecule has 0 aromatic carbocycles. The van der Waals surface area contributed by atoms with Crippen LogP contribution >= 0.6 is 0 Å². The van der Waals surface area contributed by atoms with Crippen molar-refractivity contribution in [2.24, 2.45) is 0 Å². The molecule has 6 heteroatoms. The molecule has 0 amide bonds. The van der Waals surface area contributed by atoms with Crippen LogP contribution in [0.2, 0.25) is 0 Å². The molecule has 0 saturated heterocycles. The van der Waals surface area contributed by atoms with Gasteiger partial charge in [0.15, 0.2) is 0 Å². The number of carboxylic acids is 2. The minimum Gasteiger partial charge on any atom is -0.550 e. The van der Waals surface area contributed by atoms with Crippen LogP contribution in [0.5, 0.6) is 0 Å². The number of carbonyl (C=O) groups is 2. The molecule has 4 N–H and O–H groups in total. The Morgan fingerprint density at radius 3 is 0.596 bits per heavy atom. The lowest BCUT2D eigenvalue weighted by Gasteiger charge is -2.03. The topological polar surface area (TPSA) is 113 Å². The van der Waals surface area contributed by atoms with Crippen LogP contribution in [0, 0.1) is 0 Å². The Labute approximate surface area is 326 Å². The van der Waals surface area contributed by atoms with E-state index in [1.165, 1.54) is 244 Å². The SMILES string of the molecule is CCCCCCCCCCC[NH2+]CCCCCCCCCC.CCCCCCCCCCC[NH2+]CCCCCCCCCC.O=C([O-])CCC(=O)[O-]. The fraction of sp³-hybridized carbons (Fsp3) is 0.957. The number of carbonyl (C=O) groups excluding carboxylic acids is 2. The van der Waals surface area contributed by atoms with Crippen molar-refractivity contribution in [1.82, 2.24) is 0 Å². The van der Waals surface area contributed by atoms with Crippen molar-refractivity contribution in [2.75, 3.05) is 26.2 Å². The summed E-state index contributed by atoms with van der Waals surface area (Å²) in [6.45, 7) is 14.7. The van der Waals surface area contributed by atoms with Gasteiger partial charge in [-0.25, -0.2) is 0 Å². The van der Waals surface area contributed by atoms with Gasteiger partial charge in [0.25, 0.3) is 0 Å². The number of rotatable bonds is 41. The lowest BCUT2D eigenvalue weighted by atomic mass is 10.1. The monoisotopic (exact) mass is 741 g/mol. The second-order valence-electron chi connectivity index (χ2n) is 15.6. The van der Waals surface area contributed by atoms with Crippen LogP contribution in [-0.2, 0) is 9.59 Å². The van der Waals surface area contributed by atoms with E-state index in [0.717, 1.165) is 0 Å². The summed E-state index contributed by atoms with van der Waals surface area (Å²) in [6, 6.07) is 0. The Hall–Kier alpha value is -1.14. The normalized spacial score (nSPS) is 10.8. The van der Waals surface area contributed by atoms with E-state index in [2.05, 4.69) is 38.3 Å². The van der Waals surface area contributed by atoms with Crippen LogP contribution in [0.3, 0.4) is 0 Å². The van der Waals surface area contributed by atoms with Crippen LogP contribution in [0.4, 0.5) is 0 Å². The molecule has 0 atom stereocenters. The molecule has 0 radical (unpaired) electrons. The number of aliphatic carboxylic acids is 2. The minimum absolute atomic E-state index is 0.470. The predicted octanol–water partition coefficient (Wildman–Crippen LogP) is 9.71. The van der Waals surface area contributed by atoms with Gasteiger partial charge in [0, 0.05) is 11.9 Å². The van der Waals surface area contributed by atoms with E-state index in [4.69, 9.17) is 0 Å². The molecule has 314 valence electrons. The zero-order chi connectivity index (χ0) is 38.9. The number of hydrogen-bond acceptors (Lipinski definition) is 4. The summed E-state index contributed by atoms with van der Waals surface area (Å²) in [7, 11) is 0. The average molecular weight is 741 g/mol. The standard InChI is InChI=1S/2C21H45N.C4H6O4/c2*1-3-5-7-9-11-13-15-17-19-21-22-20-18-16-14-12-10-8-6-4-2;5-3(6)1-2-4(7)8/h2*22H,3-21H2,1-2H3;1-2H2,(H,5,6)(H,7,8). The number of unbranched alkanes of at least 4 members (excludes halogenated alkanes) is 30. The maximum absolute atomic E-state index is 9.50. The van der Waals surface area contributed by atoms with Gasteiger partial charge in [-0.15, -0.1) is 0 Å². The Morgan fingerprint density at radius 1 is 0.288 bits per heavy atom. The van der Waals surface area contributed by atoms with E-state index in [-0.39, 0.29) is 0 Å². The molecule has 0 aliphatic heterocycles. The van der Waals surface area contributed by atoms with Crippen molar-refractivity contribution >= 4 is 11.9 Å². The summed E-state index contributed by atoms with van der Waals surface area (Å²) in [6.07, 6.45) is 48.3. The molecule has 0 aromatic rings. The number of carboxylic acid groups (broad SMARTS) is 2. The summed E-state index contributed by atoms with van der Waals surface area (Å²) >= 11 is 0. The molecule has 0 aliphatic carbocycles. The quantitative estimate of drug-likeness (QED) is 0.0608. The highest BCUT2D eigenvalue weighted by atomic mass is 16.4. The lowest BCUT2D eigenvalue weighted by molar-refractivity contribution is -0.655. The third kappa shape index (κ3) is 63.9. The second-order valence-corrected chi connectivity index (χ2v) is 15.6. The Kier molecular flexibility index (Phi) is 57.5. The highest BCUT2D eigenvalue weighted by molar-refractivity contribution is 5.72. The molecular formula is C46H96N2O4. The molecule has 6 nitrogen and oxygen atoms in total. The van der Waals surface area contributed by atoms with Gasteiger partial charge in [0.1, 0.15) is 0 Å². The molecule has 0 bridgehead atoms. The van der Waals surface area contributed by atoms with Gasteiger partial charge in [-0.2, -0.15) is 0 Å². The largest absolute Gasteiger partial charge is 0.550 e. The fourth-order valence-corrected chi connectivity index (χ4v) is 6.54. The van der Waals surface area contributed by atoms with Crippen molar-refractivity contribution in [1.29, 1.82) is 0 Å². The highest BCUT2D eigenvalue weighted by Crippen LogP contribution is 2.11. The Bertz CT molecular complexity index is 552. The summed E-state index contributed by atoms with van der Waals surface area (Å²) in [5.74, 6) is -2.73. The van der Waals surface area contributed by atoms with Gasteiger partial charge in [-0.3, -0.25) is 0 Å². The van der Waals surface area contributed by atoms with Crippen molar-refractivity contribution in [2.45, 2.75) is 259 Å². The molecule has 0 unspecified atom stereocenters. The van der Waals surface area contributed by atoms with Gasteiger partial charge in [0.05, 0.1) is 26.2 Å². The zero-order valence-corrected chi connectivity index (χ0v) is 36.1. The first-order valence-electron chi connectivity index (χ1n) is 23.5. The average Bonchev–Trinajstić information content (AvgIpc) is 3.13. The molecule has 0 heterocycles. The van der Waals surface area contributed by atoms with Crippen LogP contribution in [0.15, 0.2) is 0 Å². The van der Waals surface area contributed by atoms with Crippen molar-refractivity contribution in [3.8, 4) is 0 Å². The second kappa shape index (κ2) is 54.2. The van der Waals surface area contributed by atoms with Gasteiger partial charge in [0.2, 0.25) is 0 Å². The van der Waals surface area contributed by atoms with Crippen molar-refractivity contribution < 1.29 is 30.4 Å². The van der Waals surface area contributed by atoms with E-state index in [1.54, 1.807) is 0 Å². The van der Waals surface area contributed by atoms with E-state index >= 15 is 0 Å². The van der Waals surface area contributed by atoms with Gasteiger partial charge < -0.3 is 30.4 Å². The molecule has 52 heavy (non-hydrogen) atoms. The molecular weight excluding hydrogens is 645 g/mol. The summed E-state index contributed by atoms with van der Waals surface area (Å²) in [4.78, 5) is 19.0. The smallest absolute Gasteiger partial charge is 0.0755 e. The molecule has 0 aliphatic rings. The third-order valence-electron chi connectivity index (χ3n) is 10.1. The first-order valence-corrected chi connectivity index (χ1v) is 23.5. The van der Waals surface area contributed by atoms with E-state index in [1.807, 2.05) is 0 Å². The maximum atomic E-state index is 9.50. The van der Waals surface area contributed by atoms with Crippen LogP contribution in [0.25, 0.3) is 0 Å². The Morgan fingerprint density at radius 2 is 0.442 bits per heavy atom. The Balaban J connectivity index is -0.000000764. The van der Waals surface area contributed by atoms with Crippen molar-refractivity contribution in [3.63, 3.8) is 0 Å². The predicted molar refractivity (Wildman–Crippen MR) is 222 cm³/mol. The van der Waals surface area contributed by atoms with Crippen LogP contribution in [-0.4, -0.2) is 38.1 Å².